The standard InChI is InChI=1S/C19H27N3O2/c1-15-5-7-16(8-6-15)17(23)21-13-9-19(10-14-21,18(20)24)22-11-3-2-4-12-22/h5-8H,2-4,9-14H2,1H3,(H2,20,24)/p+1. The number of hydrogen-bond acceptors (Lipinski definition) is 2. The van der Waals surface area contributed by atoms with Crippen LogP contribution < -0.4 is 10.6 Å². The van der Waals surface area contributed by atoms with Crippen LogP contribution in [-0.4, -0.2) is 48.4 Å². The molecule has 3 rings (SSSR count). The zero-order valence-corrected chi connectivity index (χ0v) is 14.5. The highest BCUT2D eigenvalue weighted by atomic mass is 16.2. The lowest BCUT2D eigenvalue weighted by molar-refractivity contribution is -0.948. The molecule has 24 heavy (non-hydrogen) atoms. The number of aryl methyl sites for hydroxylation is 1. The predicted octanol–water partition coefficient (Wildman–Crippen LogP) is 0.524. The average Bonchev–Trinajstić information content (AvgIpc) is 2.62. The van der Waals surface area contributed by atoms with Crippen molar-refractivity contribution >= 4 is 11.8 Å². The van der Waals surface area contributed by atoms with Crippen molar-refractivity contribution in [1.29, 1.82) is 0 Å². The Balaban J connectivity index is 1.69. The Bertz CT molecular complexity index is 598. The Morgan fingerprint density at radius 1 is 1.04 bits per heavy atom. The van der Waals surface area contributed by atoms with Crippen molar-refractivity contribution in [1.82, 2.24) is 4.90 Å². The normalized spacial score (nSPS) is 21.5. The number of primary amides is 1. The van der Waals surface area contributed by atoms with Gasteiger partial charge in [-0.1, -0.05) is 17.7 Å². The van der Waals surface area contributed by atoms with Gasteiger partial charge in [-0.3, -0.25) is 9.59 Å². The van der Waals surface area contributed by atoms with Gasteiger partial charge in [0, 0.05) is 31.5 Å². The molecule has 2 fully saturated rings. The second-order valence-corrected chi connectivity index (χ2v) is 7.27. The summed E-state index contributed by atoms with van der Waals surface area (Å²) in [6, 6.07) is 7.68. The largest absolute Gasteiger partial charge is 0.364 e. The number of likely N-dealkylation sites (tertiary alicyclic amines) is 2. The third-order valence-electron chi connectivity index (χ3n) is 5.81. The molecule has 3 N–H and O–H groups in total. The first-order chi connectivity index (χ1) is 11.5. The molecular formula is C19H28N3O2+. The van der Waals surface area contributed by atoms with Crippen LogP contribution in [0.4, 0.5) is 0 Å². The summed E-state index contributed by atoms with van der Waals surface area (Å²) in [6.45, 7) is 5.28. The van der Waals surface area contributed by atoms with Crippen LogP contribution in [-0.2, 0) is 4.79 Å². The van der Waals surface area contributed by atoms with Gasteiger partial charge in [0.1, 0.15) is 0 Å². The number of quaternary nitrogens is 1. The fourth-order valence-corrected chi connectivity index (χ4v) is 4.20. The lowest BCUT2D eigenvalue weighted by Crippen LogP contribution is -3.22. The fourth-order valence-electron chi connectivity index (χ4n) is 4.20. The molecule has 0 bridgehead atoms. The van der Waals surface area contributed by atoms with Gasteiger partial charge in [0.05, 0.1) is 13.1 Å². The van der Waals surface area contributed by atoms with E-state index in [-0.39, 0.29) is 11.8 Å². The van der Waals surface area contributed by atoms with E-state index < -0.39 is 5.54 Å². The highest BCUT2D eigenvalue weighted by Gasteiger charge is 2.49. The van der Waals surface area contributed by atoms with Crippen LogP contribution in [0.2, 0.25) is 0 Å². The molecule has 2 heterocycles. The van der Waals surface area contributed by atoms with Crippen molar-refractivity contribution < 1.29 is 14.5 Å². The molecule has 0 radical (unpaired) electrons. The van der Waals surface area contributed by atoms with Gasteiger partial charge in [-0.05, 0) is 38.3 Å². The van der Waals surface area contributed by atoms with Gasteiger partial charge in [-0.2, -0.15) is 0 Å². The molecule has 2 aliphatic heterocycles. The van der Waals surface area contributed by atoms with Gasteiger partial charge in [0.25, 0.3) is 11.8 Å². The molecule has 2 saturated heterocycles. The van der Waals surface area contributed by atoms with Crippen LogP contribution in [0.15, 0.2) is 24.3 Å². The van der Waals surface area contributed by atoms with E-state index in [0.717, 1.165) is 37.1 Å². The Kier molecular flexibility index (Phi) is 4.90. The summed E-state index contributed by atoms with van der Waals surface area (Å²) in [5, 5.41) is 0. The van der Waals surface area contributed by atoms with Crippen LogP contribution >= 0.6 is 0 Å². The molecule has 1 aromatic carbocycles. The Morgan fingerprint density at radius 3 is 2.17 bits per heavy atom. The minimum absolute atomic E-state index is 0.0571. The number of nitrogens with zero attached hydrogens (tertiary/aromatic N) is 1. The number of piperidine rings is 2. The van der Waals surface area contributed by atoms with Crippen molar-refractivity contribution in [2.75, 3.05) is 26.2 Å². The van der Waals surface area contributed by atoms with Gasteiger partial charge in [0.2, 0.25) is 0 Å². The average molecular weight is 330 g/mol. The molecule has 5 nitrogen and oxygen atoms in total. The van der Waals surface area contributed by atoms with Crippen molar-refractivity contribution in [2.24, 2.45) is 5.73 Å². The number of amides is 2. The molecule has 130 valence electrons. The summed E-state index contributed by atoms with van der Waals surface area (Å²) in [5.41, 5.74) is 7.20. The lowest BCUT2D eigenvalue weighted by atomic mass is 9.83. The van der Waals surface area contributed by atoms with Crippen molar-refractivity contribution in [3.63, 3.8) is 0 Å². The van der Waals surface area contributed by atoms with Gasteiger partial charge < -0.3 is 15.5 Å². The molecule has 0 unspecified atom stereocenters. The van der Waals surface area contributed by atoms with Crippen LogP contribution in [0.5, 0.6) is 0 Å². The second kappa shape index (κ2) is 6.93. The van der Waals surface area contributed by atoms with Crippen molar-refractivity contribution in [3.8, 4) is 0 Å². The van der Waals surface area contributed by atoms with E-state index in [1.165, 1.54) is 11.3 Å². The molecule has 0 aromatic heterocycles. The zero-order valence-electron chi connectivity index (χ0n) is 14.5. The number of nitrogens with one attached hydrogen (secondary N) is 1. The van der Waals surface area contributed by atoms with Crippen molar-refractivity contribution in [3.05, 3.63) is 35.4 Å². The molecule has 1 aromatic rings. The second-order valence-electron chi connectivity index (χ2n) is 7.27. The van der Waals surface area contributed by atoms with E-state index in [0.29, 0.717) is 25.9 Å². The number of hydrogen-bond donors (Lipinski definition) is 2. The van der Waals surface area contributed by atoms with E-state index >= 15 is 0 Å². The third-order valence-corrected chi connectivity index (χ3v) is 5.81. The van der Waals surface area contributed by atoms with Crippen LogP contribution in [0.3, 0.4) is 0 Å². The topological polar surface area (TPSA) is 67.8 Å². The molecule has 5 heteroatoms. The number of nitrogens with two attached hydrogens (primary N) is 1. The van der Waals surface area contributed by atoms with Gasteiger partial charge in [0.15, 0.2) is 5.54 Å². The summed E-state index contributed by atoms with van der Waals surface area (Å²) in [4.78, 5) is 28.1. The van der Waals surface area contributed by atoms with E-state index in [1.54, 1.807) is 0 Å². The number of carbonyl (C=O) groups is 2. The maximum absolute atomic E-state index is 12.7. The zero-order chi connectivity index (χ0) is 17.2. The third kappa shape index (κ3) is 3.18. The summed E-state index contributed by atoms with van der Waals surface area (Å²) in [7, 11) is 0. The minimum Gasteiger partial charge on any atom is -0.364 e. The smallest absolute Gasteiger partial charge is 0.278 e. The summed E-state index contributed by atoms with van der Waals surface area (Å²) >= 11 is 0. The monoisotopic (exact) mass is 330 g/mol. The van der Waals surface area contributed by atoms with E-state index in [4.69, 9.17) is 5.73 Å². The molecule has 2 aliphatic rings. The molecular weight excluding hydrogens is 302 g/mol. The number of rotatable bonds is 3. The molecule has 0 atom stereocenters. The maximum Gasteiger partial charge on any atom is 0.278 e. The molecule has 0 spiro atoms. The Labute approximate surface area is 143 Å². The number of benzene rings is 1. The maximum atomic E-state index is 12.7. The Morgan fingerprint density at radius 2 is 1.62 bits per heavy atom. The van der Waals surface area contributed by atoms with Gasteiger partial charge in [-0.15, -0.1) is 0 Å². The van der Waals surface area contributed by atoms with Gasteiger partial charge >= 0.3 is 0 Å². The highest BCUT2D eigenvalue weighted by molar-refractivity contribution is 5.94. The highest BCUT2D eigenvalue weighted by Crippen LogP contribution is 2.22. The first-order valence-electron chi connectivity index (χ1n) is 9.04. The van der Waals surface area contributed by atoms with Crippen molar-refractivity contribution in [2.45, 2.75) is 44.6 Å². The number of carbonyl (C=O) groups excluding carboxylic acids is 2. The molecule has 2 amide bonds. The fraction of sp³-hybridized carbons (Fsp3) is 0.579. The SMILES string of the molecule is Cc1ccc(C(=O)N2CCC(C(N)=O)([NH+]3CCCCC3)CC2)cc1. The Hall–Kier alpha value is -1.88. The van der Waals surface area contributed by atoms with E-state index in [2.05, 4.69) is 0 Å². The van der Waals surface area contributed by atoms with Crippen LogP contribution in [0.25, 0.3) is 0 Å². The van der Waals surface area contributed by atoms with E-state index in [1.807, 2.05) is 36.1 Å². The van der Waals surface area contributed by atoms with Crippen LogP contribution in [0, 0.1) is 6.92 Å². The first kappa shape index (κ1) is 17.0. The lowest BCUT2D eigenvalue weighted by Gasteiger charge is -2.45. The molecule has 0 saturated carbocycles. The minimum atomic E-state index is -0.482. The predicted molar refractivity (Wildman–Crippen MR) is 92.8 cm³/mol. The summed E-state index contributed by atoms with van der Waals surface area (Å²) in [6.07, 6.45) is 4.92. The summed E-state index contributed by atoms with van der Waals surface area (Å²) < 4.78 is 0. The summed E-state index contributed by atoms with van der Waals surface area (Å²) in [5.74, 6) is -0.136. The first-order valence-corrected chi connectivity index (χ1v) is 9.04. The van der Waals surface area contributed by atoms with Crippen LogP contribution in [0.1, 0.15) is 48.0 Å². The molecule has 0 aliphatic carbocycles. The quantitative estimate of drug-likeness (QED) is 0.849. The van der Waals surface area contributed by atoms with E-state index in [9.17, 15) is 9.59 Å². The van der Waals surface area contributed by atoms with Gasteiger partial charge in [-0.25, -0.2) is 0 Å².